The first-order valence-corrected chi connectivity index (χ1v) is 6.73. The molecule has 9 heteroatoms. The minimum Gasteiger partial charge on any atom is -0.496 e. The highest BCUT2D eigenvalue weighted by atomic mass is 19.3. The topological polar surface area (TPSA) is 78.9 Å². The molecule has 0 saturated carbocycles. The predicted molar refractivity (Wildman–Crippen MR) is 73.0 cm³/mol. The van der Waals surface area contributed by atoms with Gasteiger partial charge in [0, 0.05) is 18.5 Å². The Morgan fingerprint density at radius 3 is 2.65 bits per heavy atom. The van der Waals surface area contributed by atoms with E-state index >= 15 is 0 Å². The molecule has 23 heavy (non-hydrogen) atoms. The summed E-state index contributed by atoms with van der Waals surface area (Å²) in [5.74, 6) is -5.11. The van der Waals surface area contributed by atoms with Gasteiger partial charge in [-0.1, -0.05) is 0 Å². The number of benzene rings is 1. The number of amides is 2. The SMILES string of the molecule is COc1ccc(F)cc1C(NC(=O)N1CCC(F)(F)C1)C(=O)O. The second-order valence-electron chi connectivity index (χ2n) is 5.13. The fraction of sp³-hybridized carbons (Fsp3) is 0.429. The van der Waals surface area contributed by atoms with Gasteiger partial charge in [-0.2, -0.15) is 0 Å². The first-order valence-electron chi connectivity index (χ1n) is 6.73. The fourth-order valence-electron chi connectivity index (χ4n) is 2.33. The van der Waals surface area contributed by atoms with E-state index in [0.717, 1.165) is 17.0 Å². The lowest BCUT2D eigenvalue weighted by Crippen LogP contribution is -2.43. The lowest BCUT2D eigenvalue weighted by molar-refractivity contribution is -0.139. The summed E-state index contributed by atoms with van der Waals surface area (Å²) in [6.07, 6.45) is -0.485. The Morgan fingerprint density at radius 2 is 2.13 bits per heavy atom. The minimum absolute atomic E-state index is 0.0610. The van der Waals surface area contributed by atoms with Crippen LogP contribution in [0.15, 0.2) is 18.2 Å². The number of aliphatic carboxylic acids is 1. The molecular weight excluding hydrogens is 317 g/mol. The number of alkyl halides is 2. The third-order valence-electron chi connectivity index (χ3n) is 3.47. The molecule has 2 N–H and O–H groups in total. The summed E-state index contributed by atoms with van der Waals surface area (Å²) in [6.45, 7) is -0.975. The highest BCUT2D eigenvalue weighted by Crippen LogP contribution is 2.29. The minimum atomic E-state index is -2.99. The van der Waals surface area contributed by atoms with Crippen molar-refractivity contribution in [1.29, 1.82) is 0 Å². The summed E-state index contributed by atoms with van der Waals surface area (Å²) >= 11 is 0. The predicted octanol–water partition coefficient (Wildman–Crippen LogP) is 2.01. The van der Waals surface area contributed by atoms with Gasteiger partial charge in [0.05, 0.1) is 13.7 Å². The van der Waals surface area contributed by atoms with Crippen molar-refractivity contribution in [2.45, 2.75) is 18.4 Å². The van der Waals surface area contributed by atoms with Crippen LogP contribution in [0.25, 0.3) is 0 Å². The van der Waals surface area contributed by atoms with Crippen molar-refractivity contribution in [1.82, 2.24) is 10.2 Å². The largest absolute Gasteiger partial charge is 0.496 e. The number of carbonyl (C=O) groups excluding carboxylic acids is 1. The number of urea groups is 1. The van der Waals surface area contributed by atoms with Gasteiger partial charge in [0.1, 0.15) is 11.6 Å². The molecule has 0 radical (unpaired) electrons. The molecule has 126 valence electrons. The van der Waals surface area contributed by atoms with Crippen molar-refractivity contribution < 1.29 is 32.6 Å². The number of hydrogen-bond donors (Lipinski definition) is 2. The number of methoxy groups -OCH3 is 1. The number of ether oxygens (including phenoxy) is 1. The molecule has 2 amide bonds. The van der Waals surface area contributed by atoms with Crippen LogP contribution in [0.4, 0.5) is 18.0 Å². The van der Waals surface area contributed by atoms with Crippen LogP contribution in [-0.2, 0) is 4.79 Å². The molecule has 1 aromatic carbocycles. The van der Waals surface area contributed by atoms with E-state index in [1.807, 2.05) is 0 Å². The number of carboxylic acids is 1. The lowest BCUT2D eigenvalue weighted by Gasteiger charge is -2.22. The zero-order valence-corrected chi connectivity index (χ0v) is 12.2. The van der Waals surface area contributed by atoms with E-state index in [1.165, 1.54) is 13.2 Å². The van der Waals surface area contributed by atoms with E-state index in [0.29, 0.717) is 0 Å². The van der Waals surface area contributed by atoms with E-state index in [2.05, 4.69) is 5.32 Å². The number of rotatable bonds is 4. The Kier molecular flexibility index (Phi) is 4.67. The Morgan fingerprint density at radius 1 is 1.43 bits per heavy atom. The van der Waals surface area contributed by atoms with E-state index in [4.69, 9.17) is 4.74 Å². The summed E-state index contributed by atoms with van der Waals surface area (Å²) < 4.78 is 44.6. The van der Waals surface area contributed by atoms with Crippen LogP contribution in [0.1, 0.15) is 18.0 Å². The highest BCUT2D eigenvalue weighted by molar-refractivity contribution is 5.84. The van der Waals surface area contributed by atoms with Gasteiger partial charge < -0.3 is 20.1 Å². The molecule has 0 aliphatic carbocycles. The van der Waals surface area contributed by atoms with Crippen LogP contribution in [0.5, 0.6) is 5.75 Å². The molecule has 0 aromatic heterocycles. The molecule has 1 saturated heterocycles. The van der Waals surface area contributed by atoms with E-state index in [9.17, 15) is 27.9 Å². The number of nitrogens with zero attached hydrogens (tertiary/aromatic N) is 1. The van der Waals surface area contributed by atoms with Crippen molar-refractivity contribution in [3.8, 4) is 5.75 Å². The summed E-state index contributed by atoms with van der Waals surface area (Å²) in [7, 11) is 1.26. The van der Waals surface area contributed by atoms with Gasteiger partial charge in [-0.05, 0) is 18.2 Å². The fourth-order valence-corrected chi connectivity index (χ4v) is 2.33. The van der Waals surface area contributed by atoms with E-state index < -0.39 is 42.7 Å². The quantitative estimate of drug-likeness (QED) is 0.884. The lowest BCUT2D eigenvalue weighted by atomic mass is 10.1. The second-order valence-corrected chi connectivity index (χ2v) is 5.13. The number of hydrogen-bond acceptors (Lipinski definition) is 3. The normalized spacial score (nSPS) is 17.7. The molecular formula is C14H15F3N2O4. The van der Waals surface area contributed by atoms with Gasteiger partial charge >= 0.3 is 12.0 Å². The van der Waals surface area contributed by atoms with Crippen molar-refractivity contribution in [3.63, 3.8) is 0 Å². The Hall–Kier alpha value is -2.45. The van der Waals surface area contributed by atoms with Crippen molar-refractivity contribution in [3.05, 3.63) is 29.6 Å². The molecule has 1 unspecified atom stereocenters. The van der Waals surface area contributed by atoms with Crippen LogP contribution in [0.3, 0.4) is 0 Å². The maximum absolute atomic E-state index is 13.4. The van der Waals surface area contributed by atoms with Gasteiger partial charge in [0.2, 0.25) is 0 Å². The average Bonchev–Trinajstić information content (AvgIpc) is 2.84. The molecule has 1 aliphatic rings. The van der Waals surface area contributed by atoms with Gasteiger partial charge in [-0.15, -0.1) is 0 Å². The summed E-state index contributed by atoms with van der Waals surface area (Å²) in [4.78, 5) is 24.2. The maximum Gasteiger partial charge on any atom is 0.331 e. The number of carboxylic acid groups (broad SMARTS) is 1. The third-order valence-corrected chi connectivity index (χ3v) is 3.47. The molecule has 1 heterocycles. The Balaban J connectivity index is 2.22. The number of nitrogens with one attached hydrogen (secondary N) is 1. The highest BCUT2D eigenvalue weighted by Gasteiger charge is 2.41. The molecule has 0 spiro atoms. The second kappa shape index (κ2) is 6.35. The van der Waals surface area contributed by atoms with Crippen LogP contribution in [0, 0.1) is 5.82 Å². The monoisotopic (exact) mass is 332 g/mol. The van der Waals surface area contributed by atoms with Crippen LogP contribution in [-0.4, -0.2) is 48.1 Å². The van der Waals surface area contributed by atoms with Gasteiger partial charge in [-0.3, -0.25) is 0 Å². The van der Waals surface area contributed by atoms with Crippen LogP contribution < -0.4 is 10.1 Å². The Bertz CT molecular complexity index is 624. The van der Waals surface area contributed by atoms with Crippen molar-refractivity contribution >= 4 is 12.0 Å². The van der Waals surface area contributed by atoms with Crippen molar-refractivity contribution in [2.24, 2.45) is 0 Å². The maximum atomic E-state index is 13.4. The van der Waals surface area contributed by atoms with Crippen LogP contribution >= 0.6 is 0 Å². The zero-order chi connectivity index (χ0) is 17.2. The number of halogens is 3. The van der Waals surface area contributed by atoms with E-state index in [1.54, 1.807) is 0 Å². The van der Waals surface area contributed by atoms with Crippen LogP contribution in [0.2, 0.25) is 0 Å². The molecule has 1 atom stereocenters. The first-order chi connectivity index (χ1) is 10.7. The zero-order valence-electron chi connectivity index (χ0n) is 12.2. The third kappa shape index (κ3) is 3.85. The molecule has 2 rings (SSSR count). The summed E-state index contributed by atoms with van der Waals surface area (Å²) in [5, 5.41) is 11.4. The summed E-state index contributed by atoms with van der Waals surface area (Å²) in [6, 6.07) is 0.625. The van der Waals surface area contributed by atoms with E-state index in [-0.39, 0.29) is 17.9 Å². The summed E-state index contributed by atoms with van der Waals surface area (Å²) in [5.41, 5.74) is -0.112. The van der Waals surface area contributed by atoms with Gasteiger partial charge in [0.25, 0.3) is 5.92 Å². The molecule has 1 fully saturated rings. The average molecular weight is 332 g/mol. The molecule has 1 aliphatic heterocycles. The standard InChI is InChI=1S/C14H15F3N2O4/c1-23-10-3-2-8(15)6-9(10)11(12(20)21)18-13(22)19-5-4-14(16,17)7-19/h2-3,6,11H,4-5,7H2,1H3,(H,18,22)(H,20,21). The molecule has 0 bridgehead atoms. The molecule has 1 aromatic rings. The van der Waals surface area contributed by atoms with Crippen molar-refractivity contribution in [2.75, 3.05) is 20.2 Å². The molecule has 6 nitrogen and oxygen atoms in total. The van der Waals surface area contributed by atoms with Gasteiger partial charge in [-0.25, -0.2) is 22.8 Å². The first kappa shape index (κ1) is 16.9. The number of carbonyl (C=O) groups is 2. The van der Waals surface area contributed by atoms with Gasteiger partial charge in [0.15, 0.2) is 6.04 Å². The smallest absolute Gasteiger partial charge is 0.331 e. The number of likely N-dealkylation sites (tertiary alicyclic amines) is 1. The Labute approximate surface area is 129 Å².